The number of hydrogen-bond acceptors (Lipinski definition) is 2. The molecule has 0 heterocycles. The van der Waals surface area contributed by atoms with Crippen LogP contribution in [0.1, 0.15) is 49.7 Å². The molecule has 2 N–H and O–H groups in total. The third kappa shape index (κ3) is 4.15. The smallest absolute Gasteiger partial charge is 0.315 e. The van der Waals surface area contributed by atoms with E-state index in [0.717, 1.165) is 25.0 Å². The predicted octanol–water partition coefficient (Wildman–Crippen LogP) is 3.19. The number of rotatable bonds is 5. The van der Waals surface area contributed by atoms with Gasteiger partial charge >= 0.3 is 6.03 Å². The van der Waals surface area contributed by atoms with Gasteiger partial charge in [0.2, 0.25) is 0 Å². The maximum atomic E-state index is 11.7. The number of carbonyl (C=O) groups excluding carboxylic acids is 1. The first kappa shape index (κ1) is 15.2. The topological polar surface area (TPSA) is 50.4 Å². The van der Waals surface area contributed by atoms with E-state index in [2.05, 4.69) is 22.8 Å². The normalized spacial score (nSPS) is 17.8. The van der Waals surface area contributed by atoms with E-state index >= 15 is 0 Å². The van der Waals surface area contributed by atoms with Crippen LogP contribution in [0.4, 0.5) is 4.79 Å². The first-order valence-electron chi connectivity index (χ1n) is 8.60. The minimum atomic E-state index is -0.0686. The van der Waals surface area contributed by atoms with Gasteiger partial charge in [-0.3, -0.25) is 0 Å². The van der Waals surface area contributed by atoms with Crippen molar-refractivity contribution in [3.8, 4) is 5.75 Å². The van der Waals surface area contributed by atoms with E-state index in [9.17, 15) is 4.79 Å². The molecule has 0 radical (unpaired) electrons. The zero-order valence-electron chi connectivity index (χ0n) is 13.2. The van der Waals surface area contributed by atoms with Crippen LogP contribution in [0.2, 0.25) is 0 Å². The predicted molar refractivity (Wildman–Crippen MR) is 87.4 cm³/mol. The molecule has 22 heavy (non-hydrogen) atoms. The number of hydrogen-bond donors (Lipinski definition) is 2. The molecule has 1 aromatic carbocycles. The van der Waals surface area contributed by atoms with Crippen molar-refractivity contribution in [1.29, 1.82) is 0 Å². The molecule has 2 aliphatic carbocycles. The SMILES string of the molecule is O=C(NCCOc1ccc2c(c1)CCCC2)NC1CCCC1. The van der Waals surface area contributed by atoms with Gasteiger partial charge in [0.15, 0.2) is 0 Å². The van der Waals surface area contributed by atoms with Crippen molar-refractivity contribution in [3.63, 3.8) is 0 Å². The standard InChI is InChI=1S/C18H26N2O2/c21-18(20-16-7-3-4-8-16)19-11-12-22-17-10-9-14-5-1-2-6-15(14)13-17/h9-10,13,16H,1-8,11-12H2,(H2,19,20,21). The van der Waals surface area contributed by atoms with Crippen LogP contribution in [0.5, 0.6) is 5.75 Å². The van der Waals surface area contributed by atoms with Gasteiger partial charge in [0, 0.05) is 6.04 Å². The van der Waals surface area contributed by atoms with E-state index in [1.54, 1.807) is 0 Å². The summed E-state index contributed by atoms with van der Waals surface area (Å²) in [6.45, 7) is 1.05. The van der Waals surface area contributed by atoms with E-state index in [0.29, 0.717) is 19.2 Å². The zero-order valence-corrected chi connectivity index (χ0v) is 13.2. The number of aryl methyl sites for hydroxylation is 2. The Morgan fingerprint density at radius 3 is 2.68 bits per heavy atom. The van der Waals surface area contributed by atoms with Gasteiger partial charge in [-0.05, 0) is 61.8 Å². The Balaban J connectivity index is 1.36. The molecule has 2 amide bonds. The lowest BCUT2D eigenvalue weighted by Gasteiger charge is -2.17. The fourth-order valence-electron chi connectivity index (χ4n) is 3.44. The summed E-state index contributed by atoms with van der Waals surface area (Å²) in [7, 11) is 0. The molecule has 1 saturated carbocycles. The van der Waals surface area contributed by atoms with Gasteiger partial charge in [0.25, 0.3) is 0 Å². The average Bonchev–Trinajstić information content (AvgIpc) is 3.04. The molecule has 0 unspecified atom stereocenters. The van der Waals surface area contributed by atoms with Crippen LogP contribution in [0, 0.1) is 0 Å². The molecule has 0 aliphatic heterocycles. The van der Waals surface area contributed by atoms with Crippen LogP contribution in [0.3, 0.4) is 0 Å². The van der Waals surface area contributed by atoms with Gasteiger partial charge in [0.1, 0.15) is 12.4 Å². The highest BCUT2D eigenvalue weighted by atomic mass is 16.5. The lowest BCUT2D eigenvalue weighted by atomic mass is 9.92. The lowest BCUT2D eigenvalue weighted by Crippen LogP contribution is -2.42. The van der Waals surface area contributed by atoms with Crippen molar-refractivity contribution < 1.29 is 9.53 Å². The van der Waals surface area contributed by atoms with Gasteiger partial charge in [-0.15, -0.1) is 0 Å². The number of fused-ring (bicyclic) bond motifs is 1. The third-order valence-electron chi connectivity index (χ3n) is 4.67. The second kappa shape index (κ2) is 7.52. The molecule has 0 aromatic heterocycles. The van der Waals surface area contributed by atoms with Gasteiger partial charge in [-0.2, -0.15) is 0 Å². The second-order valence-corrected chi connectivity index (χ2v) is 6.37. The highest BCUT2D eigenvalue weighted by Crippen LogP contribution is 2.25. The minimum absolute atomic E-state index is 0.0686. The monoisotopic (exact) mass is 302 g/mol. The van der Waals surface area contributed by atoms with E-state index < -0.39 is 0 Å². The second-order valence-electron chi connectivity index (χ2n) is 6.37. The van der Waals surface area contributed by atoms with E-state index in [1.807, 2.05) is 6.07 Å². The molecule has 1 fully saturated rings. The maximum Gasteiger partial charge on any atom is 0.315 e. The van der Waals surface area contributed by atoms with Crippen molar-refractivity contribution in [3.05, 3.63) is 29.3 Å². The van der Waals surface area contributed by atoms with Crippen LogP contribution in [-0.4, -0.2) is 25.2 Å². The molecule has 2 aliphatic rings. The molecule has 1 aromatic rings. The van der Waals surface area contributed by atoms with Crippen LogP contribution >= 0.6 is 0 Å². The molecule has 3 rings (SSSR count). The van der Waals surface area contributed by atoms with Crippen molar-refractivity contribution in [2.24, 2.45) is 0 Å². The summed E-state index contributed by atoms with van der Waals surface area (Å²) in [5, 5.41) is 5.88. The Morgan fingerprint density at radius 1 is 1.09 bits per heavy atom. The first-order valence-corrected chi connectivity index (χ1v) is 8.60. The Labute approximate surface area is 132 Å². The van der Waals surface area contributed by atoms with E-state index in [-0.39, 0.29) is 6.03 Å². The Bertz CT molecular complexity index is 510. The minimum Gasteiger partial charge on any atom is -0.492 e. The molecule has 4 heteroatoms. The number of benzene rings is 1. The van der Waals surface area contributed by atoms with Gasteiger partial charge < -0.3 is 15.4 Å². The third-order valence-corrected chi connectivity index (χ3v) is 4.67. The summed E-state index contributed by atoms with van der Waals surface area (Å²) in [6, 6.07) is 6.68. The fraction of sp³-hybridized carbons (Fsp3) is 0.611. The highest BCUT2D eigenvalue weighted by molar-refractivity contribution is 5.74. The van der Waals surface area contributed by atoms with Crippen molar-refractivity contribution >= 4 is 6.03 Å². The quantitative estimate of drug-likeness (QED) is 0.821. The molecule has 0 atom stereocenters. The summed E-state index contributed by atoms with van der Waals surface area (Å²) in [5.41, 5.74) is 2.89. The highest BCUT2D eigenvalue weighted by Gasteiger charge is 2.16. The molecule has 0 spiro atoms. The summed E-state index contributed by atoms with van der Waals surface area (Å²) in [4.78, 5) is 11.7. The Hall–Kier alpha value is -1.71. The molecular formula is C18H26N2O2. The molecule has 0 bridgehead atoms. The summed E-state index contributed by atoms with van der Waals surface area (Å²) in [6.07, 6.45) is 9.61. The van der Waals surface area contributed by atoms with Crippen molar-refractivity contribution in [1.82, 2.24) is 10.6 Å². The molecular weight excluding hydrogens is 276 g/mol. The zero-order chi connectivity index (χ0) is 15.2. The van der Waals surface area contributed by atoms with Crippen LogP contribution in [0.25, 0.3) is 0 Å². The summed E-state index contributed by atoms with van der Waals surface area (Å²) >= 11 is 0. The number of ether oxygens (including phenoxy) is 1. The number of carbonyl (C=O) groups is 1. The lowest BCUT2D eigenvalue weighted by molar-refractivity contribution is 0.233. The van der Waals surface area contributed by atoms with Crippen LogP contribution in [-0.2, 0) is 12.8 Å². The number of amides is 2. The van der Waals surface area contributed by atoms with E-state index in [1.165, 1.54) is 43.2 Å². The van der Waals surface area contributed by atoms with Crippen molar-refractivity contribution in [2.75, 3.05) is 13.2 Å². The Kier molecular flexibility index (Phi) is 5.20. The van der Waals surface area contributed by atoms with Crippen LogP contribution in [0.15, 0.2) is 18.2 Å². The van der Waals surface area contributed by atoms with Gasteiger partial charge in [-0.1, -0.05) is 18.9 Å². The number of nitrogens with one attached hydrogen (secondary N) is 2. The van der Waals surface area contributed by atoms with Crippen LogP contribution < -0.4 is 15.4 Å². The van der Waals surface area contributed by atoms with Crippen molar-refractivity contribution in [2.45, 2.75) is 57.4 Å². The molecule has 4 nitrogen and oxygen atoms in total. The first-order chi connectivity index (χ1) is 10.8. The largest absolute Gasteiger partial charge is 0.492 e. The summed E-state index contributed by atoms with van der Waals surface area (Å²) < 4.78 is 5.75. The number of urea groups is 1. The average molecular weight is 302 g/mol. The molecule has 0 saturated heterocycles. The van der Waals surface area contributed by atoms with E-state index in [4.69, 9.17) is 4.74 Å². The summed E-state index contributed by atoms with van der Waals surface area (Å²) in [5.74, 6) is 0.915. The van der Waals surface area contributed by atoms with Gasteiger partial charge in [-0.25, -0.2) is 4.79 Å². The van der Waals surface area contributed by atoms with Gasteiger partial charge in [0.05, 0.1) is 6.54 Å². The molecule has 120 valence electrons. The maximum absolute atomic E-state index is 11.7. The Morgan fingerprint density at radius 2 is 1.86 bits per heavy atom. The fourth-order valence-corrected chi connectivity index (χ4v) is 3.44.